The number of rotatable bonds is 9. The van der Waals surface area contributed by atoms with Crippen LogP contribution in [0.4, 0.5) is 0 Å². The predicted octanol–water partition coefficient (Wildman–Crippen LogP) is 4.49. The van der Waals surface area contributed by atoms with Crippen LogP contribution in [0.1, 0.15) is 32.8 Å². The first-order valence-electron chi connectivity index (χ1n) is 9.10. The zero-order chi connectivity index (χ0) is 20.7. The van der Waals surface area contributed by atoms with Gasteiger partial charge in [-0.2, -0.15) is 0 Å². The molecule has 150 valence electrons. The van der Waals surface area contributed by atoms with Crippen LogP contribution in [0, 0.1) is 5.92 Å². The normalized spacial score (nSPS) is 14.1. The van der Waals surface area contributed by atoms with Gasteiger partial charge in [-0.25, -0.2) is 4.79 Å². The first-order valence-corrected chi connectivity index (χ1v) is 12.0. The Hall–Kier alpha value is -1.92. The molecule has 27 heavy (non-hydrogen) atoms. The number of esters is 2. The van der Waals surface area contributed by atoms with Crippen LogP contribution in [0.5, 0.6) is 0 Å². The molecule has 0 saturated heterocycles. The van der Waals surface area contributed by atoms with Gasteiger partial charge in [-0.1, -0.05) is 57.2 Å². The van der Waals surface area contributed by atoms with Gasteiger partial charge in [0.25, 0.3) is 0 Å². The zero-order valence-corrected chi connectivity index (χ0v) is 18.3. The summed E-state index contributed by atoms with van der Waals surface area (Å²) in [6.07, 6.45) is 0.846. The minimum Gasteiger partial charge on any atom is -0.467 e. The third kappa shape index (κ3) is 6.63. The highest BCUT2D eigenvalue weighted by molar-refractivity contribution is 6.74. The highest BCUT2D eigenvalue weighted by Gasteiger charge is 2.45. The first kappa shape index (κ1) is 23.1. The number of hydrogen-bond donors (Lipinski definition) is 0. The standard InChI is InChI=1S/C21H32O5Si/c1-8-12-17(19(22)25-15-16-13-10-9-11-14-16)18(20(23)24-5)26-27(6,7)21(2,3)4/h8-11,13-14,17-18H,1,12,15H2,2-7H3/t17-,18-/m0/s1. The predicted molar refractivity (Wildman–Crippen MR) is 109 cm³/mol. The van der Waals surface area contributed by atoms with Crippen LogP contribution < -0.4 is 0 Å². The van der Waals surface area contributed by atoms with Gasteiger partial charge in [-0.05, 0) is 30.1 Å². The van der Waals surface area contributed by atoms with E-state index in [2.05, 4.69) is 27.4 Å². The van der Waals surface area contributed by atoms with Crippen LogP contribution in [0.25, 0.3) is 0 Å². The number of carbonyl (C=O) groups is 2. The molecule has 0 bridgehead atoms. The van der Waals surface area contributed by atoms with Crippen LogP contribution in [0.3, 0.4) is 0 Å². The summed E-state index contributed by atoms with van der Waals surface area (Å²) in [5.41, 5.74) is 0.878. The third-order valence-corrected chi connectivity index (χ3v) is 9.43. The highest BCUT2D eigenvalue weighted by Crippen LogP contribution is 2.38. The highest BCUT2D eigenvalue weighted by atomic mass is 28.4. The SMILES string of the molecule is C=CC[C@H](C(=O)OCc1ccccc1)[C@H](O[Si](C)(C)C(C)(C)C)C(=O)OC. The molecular weight excluding hydrogens is 360 g/mol. The van der Waals surface area contributed by atoms with Crippen LogP contribution in [0.2, 0.25) is 18.1 Å². The molecular formula is C21H32O5Si. The van der Waals surface area contributed by atoms with E-state index < -0.39 is 32.3 Å². The van der Waals surface area contributed by atoms with Gasteiger partial charge < -0.3 is 13.9 Å². The summed E-state index contributed by atoms with van der Waals surface area (Å²) in [6, 6.07) is 9.40. The van der Waals surface area contributed by atoms with E-state index in [0.717, 1.165) is 5.56 Å². The Kier molecular flexibility index (Phi) is 8.43. The molecule has 0 aliphatic carbocycles. The average Bonchev–Trinajstić information content (AvgIpc) is 2.61. The molecule has 0 unspecified atom stereocenters. The molecule has 0 radical (unpaired) electrons. The zero-order valence-electron chi connectivity index (χ0n) is 17.3. The van der Waals surface area contributed by atoms with Crippen molar-refractivity contribution in [3.8, 4) is 0 Å². The Morgan fingerprint density at radius 1 is 1.15 bits per heavy atom. The van der Waals surface area contributed by atoms with E-state index in [9.17, 15) is 9.59 Å². The Morgan fingerprint density at radius 2 is 1.74 bits per heavy atom. The van der Waals surface area contributed by atoms with Gasteiger partial charge in [0.2, 0.25) is 0 Å². The van der Waals surface area contributed by atoms with Gasteiger partial charge in [0, 0.05) is 0 Å². The van der Waals surface area contributed by atoms with Crippen molar-refractivity contribution in [2.24, 2.45) is 5.92 Å². The van der Waals surface area contributed by atoms with Crippen molar-refractivity contribution in [1.29, 1.82) is 0 Å². The molecule has 1 aromatic carbocycles. The largest absolute Gasteiger partial charge is 0.467 e. The maximum absolute atomic E-state index is 12.8. The number of methoxy groups -OCH3 is 1. The van der Waals surface area contributed by atoms with E-state index in [1.807, 2.05) is 43.4 Å². The molecule has 2 atom stereocenters. The van der Waals surface area contributed by atoms with Crippen molar-refractivity contribution in [1.82, 2.24) is 0 Å². The quantitative estimate of drug-likeness (QED) is 0.352. The number of allylic oxidation sites excluding steroid dienone is 1. The summed E-state index contributed by atoms with van der Waals surface area (Å²) in [7, 11) is -1.02. The lowest BCUT2D eigenvalue weighted by Gasteiger charge is -2.39. The Morgan fingerprint density at radius 3 is 2.22 bits per heavy atom. The molecule has 0 heterocycles. The summed E-state index contributed by atoms with van der Waals surface area (Å²) in [6.45, 7) is 14.1. The van der Waals surface area contributed by atoms with Gasteiger partial charge in [-0.15, -0.1) is 6.58 Å². The lowest BCUT2D eigenvalue weighted by molar-refractivity contribution is -0.164. The van der Waals surface area contributed by atoms with E-state index in [-0.39, 0.29) is 18.1 Å². The third-order valence-electron chi connectivity index (χ3n) is 4.97. The van der Waals surface area contributed by atoms with Gasteiger partial charge in [-0.3, -0.25) is 4.79 Å². The monoisotopic (exact) mass is 392 g/mol. The maximum atomic E-state index is 12.8. The van der Waals surface area contributed by atoms with Crippen molar-refractivity contribution in [3.05, 3.63) is 48.6 Å². The molecule has 0 aromatic heterocycles. The fourth-order valence-electron chi connectivity index (χ4n) is 2.26. The molecule has 0 aliphatic rings. The molecule has 0 spiro atoms. The molecule has 0 amide bonds. The fourth-order valence-corrected chi connectivity index (χ4v) is 3.51. The Balaban J connectivity index is 3.02. The lowest BCUT2D eigenvalue weighted by Crippen LogP contribution is -2.50. The average molecular weight is 393 g/mol. The van der Waals surface area contributed by atoms with Crippen molar-refractivity contribution >= 4 is 20.3 Å². The van der Waals surface area contributed by atoms with Crippen LogP contribution in [-0.4, -0.2) is 33.5 Å². The summed E-state index contributed by atoms with van der Waals surface area (Å²) in [4.78, 5) is 25.2. The smallest absolute Gasteiger partial charge is 0.334 e. The van der Waals surface area contributed by atoms with E-state index >= 15 is 0 Å². The summed E-state index contributed by atoms with van der Waals surface area (Å²) in [5.74, 6) is -1.86. The van der Waals surface area contributed by atoms with Gasteiger partial charge >= 0.3 is 11.9 Å². The summed E-state index contributed by atoms with van der Waals surface area (Å²) < 4.78 is 16.6. The van der Waals surface area contributed by atoms with Crippen molar-refractivity contribution in [2.75, 3.05) is 7.11 Å². The molecule has 0 saturated carbocycles. The summed E-state index contributed by atoms with van der Waals surface area (Å²) >= 11 is 0. The summed E-state index contributed by atoms with van der Waals surface area (Å²) in [5, 5.41) is -0.119. The van der Waals surface area contributed by atoms with Crippen molar-refractivity contribution in [3.63, 3.8) is 0 Å². The number of hydrogen-bond acceptors (Lipinski definition) is 5. The second kappa shape index (κ2) is 9.85. The molecule has 1 aromatic rings. The second-order valence-corrected chi connectivity index (χ2v) is 12.8. The van der Waals surface area contributed by atoms with E-state index in [0.29, 0.717) is 0 Å². The van der Waals surface area contributed by atoms with E-state index in [1.54, 1.807) is 6.08 Å². The van der Waals surface area contributed by atoms with Crippen molar-refractivity contribution < 1.29 is 23.5 Å². The lowest BCUT2D eigenvalue weighted by atomic mass is 9.98. The molecule has 6 heteroatoms. The topological polar surface area (TPSA) is 61.8 Å². The van der Waals surface area contributed by atoms with Crippen LogP contribution in [0.15, 0.2) is 43.0 Å². The fraction of sp³-hybridized carbons (Fsp3) is 0.524. The number of carbonyl (C=O) groups excluding carboxylic acids is 2. The van der Waals surface area contributed by atoms with Gasteiger partial charge in [0.1, 0.15) is 6.61 Å². The van der Waals surface area contributed by atoms with E-state index in [4.69, 9.17) is 13.9 Å². The maximum Gasteiger partial charge on any atom is 0.334 e. The van der Waals surface area contributed by atoms with Crippen LogP contribution >= 0.6 is 0 Å². The second-order valence-electron chi connectivity index (χ2n) is 8.05. The van der Waals surface area contributed by atoms with Gasteiger partial charge in [0.05, 0.1) is 13.0 Å². The first-order chi connectivity index (χ1) is 12.5. The number of benzene rings is 1. The Labute approximate surface area is 163 Å². The molecule has 0 N–H and O–H groups in total. The van der Waals surface area contributed by atoms with Crippen molar-refractivity contribution in [2.45, 2.75) is 58.0 Å². The minimum atomic E-state index is -2.31. The van der Waals surface area contributed by atoms with Gasteiger partial charge in [0.15, 0.2) is 14.4 Å². The molecule has 0 aliphatic heterocycles. The minimum absolute atomic E-state index is 0.119. The van der Waals surface area contributed by atoms with Crippen LogP contribution in [-0.2, 0) is 30.1 Å². The van der Waals surface area contributed by atoms with E-state index in [1.165, 1.54) is 7.11 Å². The molecule has 1 rings (SSSR count). The Bertz CT molecular complexity index is 634. The number of ether oxygens (including phenoxy) is 2. The molecule has 0 fully saturated rings. The molecule has 5 nitrogen and oxygen atoms in total.